The number of hydrogen-bond donors (Lipinski definition) is 0. The smallest absolute Gasteiger partial charge is 0.338 e. The van der Waals surface area contributed by atoms with Crippen molar-refractivity contribution in [3.63, 3.8) is 0 Å². The SMILES string of the molecule is COCCOC(=O)C1(OCCOC)CCC(c2cc(N(COCC[Si](C)(C)C)COCC[Si](C)(C)C)n3ncc(-c4ccc(C=O)nc4)c3n2)CC1. The number of carbonyl (C=O) groups excluding carboxylic acids is 2. The summed E-state index contributed by atoms with van der Waals surface area (Å²) in [5.74, 6) is 0.469. The lowest BCUT2D eigenvalue weighted by atomic mass is 9.77. The molecule has 0 radical (unpaired) electrons. The van der Waals surface area contributed by atoms with Gasteiger partial charge >= 0.3 is 5.97 Å². The van der Waals surface area contributed by atoms with Crippen LogP contribution in [-0.4, -0.2) is 121 Å². The minimum Gasteiger partial charge on any atom is -0.461 e. The van der Waals surface area contributed by atoms with Gasteiger partial charge in [0.05, 0.1) is 26.0 Å². The summed E-state index contributed by atoms with van der Waals surface area (Å²) in [6, 6.07) is 7.74. The molecule has 3 aromatic rings. The van der Waals surface area contributed by atoms with Gasteiger partial charge < -0.3 is 33.3 Å². The summed E-state index contributed by atoms with van der Waals surface area (Å²) >= 11 is 0. The molecule has 0 aromatic carbocycles. The molecule has 1 aliphatic carbocycles. The number of nitrogens with zero attached hydrogens (tertiary/aromatic N) is 5. The Bertz CT molecular complexity index is 1550. The number of fused-ring (bicyclic) bond motifs is 1. The fourth-order valence-electron chi connectivity index (χ4n) is 5.97. The summed E-state index contributed by atoms with van der Waals surface area (Å²) in [5.41, 5.74) is 2.43. The van der Waals surface area contributed by atoms with Gasteiger partial charge in [-0.15, -0.1) is 0 Å². The number of pyridine rings is 1. The predicted molar refractivity (Wildman–Crippen MR) is 207 cm³/mol. The lowest BCUT2D eigenvalue weighted by Crippen LogP contribution is -2.46. The van der Waals surface area contributed by atoms with Gasteiger partial charge in [0.25, 0.3) is 0 Å². The quantitative estimate of drug-likeness (QED) is 0.0375. The Morgan fingerprint density at radius 1 is 0.904 bits per heavy atom. The molecule has 0 saturated heterocycles. The first-order valence-electron chi connectivity index (χ1n) is 18.3. The molecule has 0 amide bonds. The van der Waals surface area contributed by atoms with Crippen molar-refractivity contribution in [2.45, 2.75) is 88.6 Å². The molecule has 1 fully saturated rings. The van der Waals surface area contributed by atoms with E-state index in [-0.39, 0.29) is 25.1 Å². The highest BCUT2D eigenvalue weighted by Crippen LogP contribution is 2.42. The highest BCUT2D eigenvalue weighted by molar-refractivity contribution is 6.76. The van der Waals surface area contributed by atoms with Crippen LogP contribution in [0.25, 0.3) is 16.8 Å². The van der Waals surface area contributed by atoms with Crippen LogP contribution in [0.1, 0.15) is 47.8 Å². The van der Waals surface area contributed by atoms with E-state index in [4.69, 9.17) is 38.5 Å². The second kappa shape index (κ2) is 19.3. The van der Waals surface area contributed by atoms with Crippen LogP contribution in [0.15, 0.2) is 30.6 Å². The molecule has 52 heavy (non-hydrogen) atoms. The van der Waals surface area contributed by atoms with Gasteiger partial charge in [0.2, 0.25) is 0 Å². The Balaban J connectivity index is 1.71. The van der Waals surface area contributed by atoms with Crippen LogP contribution >= 0.6 is 0 Å². The van der Waals surface area contributed by atoms with Crippen molar-refractivity contribution in [1.29, 1.82) is 0 Å². The number of ether oxygens (including phenoxy) is 6. The molecular weight excluding hydrogens is 699 g/mol. The summed E-state index contributed by atoms with van der Waals surface area (Å²) in [4.78, 5) is 36.4. The molecule has 0 spiro atoms. The average Bonchev–Trinajstić information content (AvgIpc) is 3.54. The average molecular weight is 758 g/mol. The van der Waals surface area contributed by atoms with Gasteiger partial charge in [-0.3, -0.25) is 9.78 Å². The fraction of sp³-hybridized carbons (Fsp3) is 0.649. The molecule has 3 aromatic heterocycles. The first-order valence-corrected chi connectivity index (χ1v) is 25.7. The molecule has 1 aliphatic rings. The third-order valence-electron chi connectivity index (χ3n) is 9.27. The molecule has 13 nitrogen and oxygen atoms in total. The third kappa shape index (κ3) is 12.0. The van der Waals surface area contributed by atoms with Crippen LogP contribution in [0.5, 0.6) is 0 Å². The van der Waals surface area contributed by atoms with Crippen molar-refractivity contribution in [3.05, 3.63) is 42.0 Å². The van der Waals surface area contributed by atoms with E-state index in [0.717, 1.165) is 41.0 Å². The van der Waals surface area contributed by atoms with E-state index >= 15 is 0 Å². The van der Waals surface area contributed by atoms with Crippen molar-refractivity contribution in [2.24, 2.45) is 0 Å². The van der Waals surface area contributed by atoms with E-state index in [1.807, 2.05) is 10.6 Å². The zero-order valence-electron chi connectivity index (χ0n) is 32.4. The first-order chi connectivity index (χ1) is 24.8. The molecule has 0 bridgehead atoms. The maximum atomic E-state index is 13.4. The number of hydrogen-bond acceptors (Lipinski definition) is 12. The Labute approximate surface area is 310 Å². The summed E-state index contributed by atoms with van der Waals surface area (Å²) in [6.07, 6.45) is 6.46. The number of esters is 1. The van der Waals surface area contributed by atoms with E-state index in [1.165, 1.54) is 0 Å². The van der Waals surface area contributed by atoms with Crippen molar-refractivity contribution in [1.82, 2.24) is 19.6 Å². The number of anilines is 1. The van der Waals surface area contributed by atoms with Gasteiger partial charge in [-0.05, 0) is 43.8 Å². The molecule has 288 valence electrons. The molecular formula is C37H59N5O8Si2. The van der Waals surface area contributed by atoms with E-state index in [9.17, 15) is 9.59 Å². The zero-order valence-corrected chi connectivity index (χ0v) is 34.4. The van der Waals surface area contributed by atoms with E-state index < -0.39 is 21.7 Å². The van der Waals surface area contributed by atoms with Gasteiger partial charge in [0, 0.05) is 78.6 Å². The Hall–Kier alpha value is -3.06. The summed E-state index contributed by atoms with van der Waals surface area (Å²) < 4.78 is 36.6. The van der Waals surface area contributed by atoms with Gasteiger partial charge in [0.1, 0.15) is 31.6 Å². The molecule has 1 saturated carbocycles. The van der Waals surface area contributed by atoms with Crippen LogP contribution in [0.3, 0.4) is 0 Å². The minimum absolute atomic E-state index is 0.0375. The van der Waals surface area contributed by atoms with Crippen molar-refractivity contribution in [2.75, 3.05) is 72.2 Å². The molecule has 0 atom stereocenters. The normalized spacial score (nSPS) is 18.1. The van der Waals surface area contributed by atoms with Crippen molar-refractivity contribution < 1.29 is 38.0 Å². The molecule has 0 unspecified atom stereocenters. The monoisotopic (exact) mass is 757 g/mol. The van der Waals surface area contributed by atoms with Crippen LogP contribution in [0, 0.1) is 0 Å². The number of methoxy groups -OCH3 is 2. The molecule has 0 N–H and O–H groups in total. The van der Waals surface area contributed by atoms with Gasteiger partial charge in [-0.2, -0.15) is 9.61 Å². The largest absolute Gasteiger partial charge is 0.461 e. The first kappa shape index (κ1) is 41.7. The maximum Gasteiger partial charge on any atom is 0.338 e. The fourth-order valence-corrected chi connectivity index (χ4v) is 7.48. The van der Waals surface area contributed by atoms with Crippen LogP contribution in [0.4, 0.5) is 5.82 Å². The molecule has 0 aliphatic heterocycles. The van der Waals surface area contributed by atoms with E-state index in [1.54, 1.807) is 32.7 Å². The second-order valence-electron chi connectivity index (χ2n) is 15.9. The van der Waals surface area contributed by atoms with E-state index in [0.29, 0.717) is 76.9 Å². The second-order valence-corrected chi connectivity index (χ2v) is 27.1. The molecule has 3 heterocycles. The topological polar surface area (TPSA) is 136 Å². The highest BCUT2D eigenvalue weighted by atomic mass is 28.3. The van der Waals surface area contributed by atoms with Gasteiger partial charge in [-0.25, -0.2) is 9.78 Å². The Morgan fingerprint density at radius 2 is 1.54 bits per heavy atom. The summed E-state index contributed by atoms with van der Waals surface area (Å²) in [5, 5.41) is 4.82. The van der Waals surface area contributed by atoms with E-state index in [2.05, 4.69) is 55.2 Å². The maximum absolute atomic E-state index is 13.4. The molecule has 4 rings (SSSR count). The summed E-state index contributed by atoms with van der Waals surface area (Å²) in [6.45, 7) is 17.2. The van der Waals surface area contributed by atoms with Crippen LogP contribution in [-0.2, 0) is 33.2 Å². The lowest BCUT2D eigenvalue weighted by Gasteiger charge is -2.38. The summed E-state index contributed by atoms with van der Waals surface area (Å²) in [7, 11) is 0.585. The number of aldehydes is 1. The number of carbonyl (C=O) groups is 2. The van der Waals surface area contributed by atoms with Crippen molar-refractivity contribution >= 4 is 39.9 Å². The predicted octanol–water partition coefficient (Wildman–Crippen LogP) is 6.28. The van der Waals surface area contributed by atoms with Gasteiger partial charge in [0.15, 0.2) is 17.5 Å². The Kier molecular flexibility index (Phi) is 15.5. The molecule has 15 heteroatoms. The highest BCUT2D eigenvalue weighted by Gasteiger charge is 2.45. The Morgan fingerprint density at radius 3 is 2.10 bits per heavy atom. The van der Waals surface area contributed by atoms with Crippen LogP contribution < -0.4 is 4.90 Å². The van der Waals surface area contributed by atoms with Crippen LogP contribution in [0.2, 0.25) is 51.4 Å². The van der Waals surface area contributed by atoms with Gasteiger partial charge in [-0.1, -0.05) is 45.3 Å². The standard InChI is InChI=1S/C37H59N5O8Si2/c1-45-15-17-49-36(44)37(50-18-16-46-2)13-11-29(12-14-37)33-23-34(41(27-47-19-21-51(3,4)5)28-48-20-22-52(6,7)8)42-35(40-33)32(25-39-42)30-9-10-31(26-43)38-24-30/h9-10,23-26,29H,11-22,27-28H2,1-8H3. The lowest BCUT2D eigenvalue weighted by molar-refractivity contribution is -0.180. The number of aromatic nitrogens is 4. The number of rotatable bonds is 22. The van der Waals surface area contributed by atoms with Crippen molar-refractivity contribution in [3.8, 4) is 11.1 Å². The minimum atomic E-state index is -1.30. The zero-order chi connectivity index (χ0) is 37.8. The third-order valence-corrected chi connectivity index (χ3v) is 12.7.